The number of nitrogens with zero attached hydrogens (tertiary/aromatic N) is 1. The maximum atomic E-state index is 13.6. The first-order valence-electron chi connectivity index (χ1n) is 13.7. The van der Waals surface area contributed by atoms with E-state index in [9.17, 15) is 14.4 Å². The van der Waals surface area contributed by atoms with Crippen LogP contribution < -0.4 is 11.1 Å². The first-order valence-corrected chi connectivity index (χ1v) is 13.7. The third-order valence-corrected chi connectivity index (χ3v) is 7.30. The standard InChI is InChI=1S/C31H43N3O3/c1-5-9-26(29(32)35)27(18-21(2)3)30(36)33-28-12-6-7-17-34(31(28)37)20-23-10-8-11-25(19-23)24-15-13-22(4)14-16-24/h8,10-11,13-16,19,21,26-28H,5-7,9,12,17-18,20H2,1-4H3,(H2,32,35)(H,33,36)/t26-,27?,28-/m0/s1. The molecule has 0 radical (unpaired) electrons. The summed E-state index contributed by atoms with van der Waals surface area (Å²) < 4.78 is 0. The minimum atomic E-state index is -0.583. The summed E-state index contributed by atoms with van der Waals surface area (Å²) in [5.41, 5.74) is 10.2. The maximum absolute atomic E-state index is 13.6. The molecule has 0 bridgehead atoms. The molecule has 2 aromatic carbocycles. The molecule has 0 spiro atoms. The zero-order valence-electron chi connectivity index (χ0n) is 22.8. The monoisotopic (exact) mass is 505 g/mol. The van der Waals surface area contributed by atoms with Crippen molar-refractivity contribution >= 4 is 17.7 Å². The van der Waals surface area contributed by atoms with E-state index in [2.05, 4.69) is 48.6 Å². The Morgan fingerprint density at radius 2 is 1.78 bits per heavy atom. The highest BCUT2D eigenvalue weighted by molar-refractivity contribution is 5.91. The Bertz CT molecular complexity index is 1060. The molecule has 6 heteroatoms. The number of hydrogen-bond donors (Lipinski definition) is 2. The Morgan fingerprint density at radius 1 is 1.05 bits per heavy atom. The van der Waals surface area contributed by atoms with Gasteiger partial charge in [0.25, 0.3) is 0 Å². The molecular weight excluding hydrogens is 462 g/mol. The molecule has 1 heterocycles. The minimum Gasteiger partial charge on any atom is -0.369 e. The van der Waals surface area contributed by atoms with Crippen LogP contribution in [0.5, 0.6) is 0 Å². The summed E-state index contributed by atoms with van der Waals surface area (Å²) in [7, 11) is 0. The number of primary amides is 1. The van der Waals surface area contributed by atoms with Crippen molar-refractivity contribution in [3.8, 4) is 11.1 Å². The number of amides is 3. The third-order valence-electron chi connectivity index (χ3n) is 7.30. The summed E-state index contributed by atoms with van der Waals surface area (Å²) in [5, 5.41) is 3.03. The quantitative estimate of drug-likeness (QED) is 0.438. The van der Waals surface area contributed by atoms with E-state index in [0.717, 1.165) is 36.0 Å². The summed E-state index contributed by atoms with van der Waals surface area (Å²) in [6.45, 7) is 9.29. The number of carbonyl (C=O) groups excluding carboxylic acids is 3. The Labute approximate surface area is 222 Å². The summed E-state index contributed by atoms with van der Waals surface area (Å²) >= 11 is 0. The van der Waals surface area contributed by atoms with Crippen LogP contribution in [0.3, 0.4) is 0 Å². The number of aryl methyl sites for hydroxylation is 1. The third kappa shape index (κ3) is 7.91. The molecular formula is C31H43N3O3. The summed E-state index contributed by atoms with van der Waals surface area (Å²) in [5.74, 6) is -1.53. The van der Waals surface area contributed by atoms with Gasteiger partial charge in [0.1, 0.15) is 6.04 Å². The van der Waals surface area contributed by atoms with Crippen molar-refractivity contribution in [1.29, 1.82) is 0 Å². The van der Waals surface area contributed by atoms with E-state index in [1.54, 1.807) is 0 Å². The molecule has 37 heavy (non-hydrogen) atoms. The number of nitrogens with one attached hydrogen (secondary N) is 1. The average Bonchev–Trinajstić information content (AvgIpc) is 3.03. The van der Waals surface area contributed by atoms with Crippen molar-refractivity contribution in [2.24, 2.45) is 23.5 Å². The van der Waals surface area contributed by atoms with Crippen molar-refractivity contribution in [3.05, 3.63) is 59.7 Å². The molecule has 3 amide bonds. The maximum Gasteiger partial charge on any atom is 0.245 e. The van der Waals surface area contributed by atoms with Crippen molar-refractivity contribution < 1.29 is 14.4 Å². The molecule has 1 unspecified atom stereocenters. The lowest BCUT2D eigenvalue weighted by molar-refractivity contribution is -0.139. The van der Waals surface area contributed by atoms with Crippen LogP contribution in [0.4, 0.5) is 0 Å². The molecule has 3 rings (SSSR count). The number of likely N-dealkylation sites (tertiary alicyclic amines) is 1. The number of hydrogen-bond acceptors (Lipinski definition) is 3. The van der Waals surface area contributed by atoms with Gasteiger partial charge in [-0.2, -0.15) is 0 Å². The minimum absolute atomic E-state index is 0.0546. The van der Waals surface area contributed by atoms with Crippen molar-refractivity contribution in [2.45, 2.75) is 78.8 Å². The van der Waals surface area contributed by atoms with Gasteiger partial charge in [-0.05, 0) is 67.7 Å². The van der Waals surface area contributed by atoms with Crippen LogP contribution in [0.2, 0.25) is 0 Å². The van der Waals surface area contributed by atoms with E-state index in [0.29, 0.717) is 32.4 Å². The molecule has 1 aliphatic heterocycles. The van der Waals surface area contributed by atoms with Gasteiger partial charge in [0, 0.05) is 24.9 Å². The lowest BCUT2D eigenvalue weighted by atomic mass is 9.81. The molecule has 6 nitrogen and oxygen atoms in total. The van der Waals surface area contributed by atoms with Crippen molar-refractivity contribution in [1.82, 2.24) is 10.2 Å². The van der Waals surface area contributed by atoms with Gasteiger partial charge in [0.05, 0.1) is 0 Å². The van der Waals surface area contributed by atoms with Gasteiger partial charge >= 0.3 is 0 Å². The summed E-state index contributed by atoms with van der Waals surface area (Å²) in [6.07, 6.45) is 4.27. The zero-order chi connectivity index (χ0) is 26.9. The van der Waals surface area contributed by atoms with Crippen LogP contribution in [-0.2, 0) is 20.9 Å². The van der Waals surface area contributed by atoms with E-state index in [1.807, 2.05) is 37.8 Å². The van der Waals surface area contributed by atoms with Gasteiger partial charge in [-0.1, -0.05) is 75.2 Å². The van der Waals surface area contributed by atoms with Gasteiger partial charge in [-0.3, -0.25) is 14.4 Å². The molecule has 200 valence electrons. The molecule has 1 aliphatic rings. The van der Waals surface area contributed by atoms with E-state index in [-0.39, 0.29) is 17.7 Å². The van der Waals surface area contributed by atoms with Crippen LogP contribution in [0, 0.1) is 24.7 Å². The predicted molar refractivity (Wildman–Crippen MR) is 148 cm³/mol. The number of carbonyl (C=O) groups is 3. The summed E-state index contributed by atoms with van der Waals surface area (Å²) in [6, 6.07) is 16.1. The zero-order valence-corrected chi connectivity index (χ0v) is 22.8. The highest BCUT2D eigenvalue weighted by Gasteiger charge is 2.35. The largest absolute Gasteiger partial charge is 0.369 e. The first kappa shape index (κ1) is 28.4. The van der Waals surface area contributed by atoms with Crippen LogP contribution >= 0.6 is 0 Å². The Kier molecular flexibility index (Phi) is 10.3. The Balaban J connectivity index is 1.75. The predicted octanol–water partition coefficient (Wildman–Crippen LogP) is 5.22. The van der Waals surface area contributed by atoms with Gasteiger partial charge in [-0.25, -0.2) is 0 Å². The second kappa shape index (κ2) is 13.4. The van der Waals surface area contributed by atoms with Gasteiger partial charge in [-0.15, -0.1) is 0 Å². The van der Waals surface area contributed by atoms with Gasteiger partial charge in [0.2, 0.25) is 17.7 Å². The Morgan fingerprint density at radius 3 is 2.43 bits per heavy atom. The fourth-order valence-electron chi connectivity index (χ4n) is 5.31. The second-order valence-corrected chi connectivity index (χ2v) is 10.9. The highest BCUT2D eigenvalue weighted by atomic mass is 16.2. The lowest BCUT2D eigenvalue weighted by Gasteiger charge is -2.29. The van der Waals surface area contributed by atoms with Crippen molar-refractivity contribution in [2.75, 3.05) is 6.54 Å². The van der Waals surface area contributed by atoms with E-state index >= 15 is 0 Å². The molecule has 1 saturated heterocycles. The number of rotatable bonds is 11. The van der Waals surface area contributed by atoms with Gasteiger partial charge in [0.15, 0.2) is 0 Å². The molecule has 0 aromatic heterocycles. The molecule has 2 aromatic rings. The second-order valence-electron chi connectivity index (χ2n) is 10.9. The van der Waals surface area contributed by atoms with Crippen LogP contribution in [0.25, 0.3) is 11.1 Å². The number of nitrogens with two attached hydrogens (primary N) is 1. The smallest absolute Gasteiger partial charge is 0.245 e. The highest BCUT2D eigenvalue weighted by Crippen LogP contribution is 2.27. The summed E-state index contributed by atoms with van der Waals surface area (Å²) in [4.78, 5) is 41.1. The van der Waals surface area contributed by atoms with Crippen LogP contribution in [0.1, 0.15) is 70.4 Å². The Hall–Kier alpha value is -3.15. The number of benzene rings is 2. The van der Waals surface area contributed by atoms with Gasteiger partial charge < -0.3 is 16.0 Å². The fraction of sp³-hybridized carbons (Fsp3) is 0.516. The van der Waals surface area contributed by atoms with Crippen molar-refractivity contribution in [3.63, 3.8) is 0 Å². The SMILES string of the molecule is CCC[C@H](C(N)=O)C(CC(C)C)C(=O)N[C@H]1CCCCN(Cc2cccc(-c3ccc(C)cc3)c2)C1=O. The molecule has 0 aliphatic carbocycles. The topological polar surface area (TPSA) is 92.5 Å². The van der Waals surface area contributed by atoms with Crippen LogP contribution in [-0.4, -0.2) is 35.2 Å². The molecule has 1 fully saturated rings. The average molecular weight is 506 g/mol. The van der Waals surface area contributed by atoms with E-state index in [4.69, 9.17) is 5.73 Å². The molecule has 0 saturated carbocycles. The normalized spacial score (nSPS) is 17.8. The molecule has 3 atom stereocenters. The van der Waals surface area contributed by atoms with E-state index < -0.39 is 23.8 Å². The van der Waals surface area contributed by atoms with Crippen LogP contribution in [0.15, 0.2) is 48.5 Å². The first-order chi connectivity index (χ1) is 17.7. The fourth-order valence-corrected chi connectivity index (χ4v) is 5.31. The molecule has 3 N–H and O–H groups in total. The van der Waals surface area contributed by atoms with E-state index in [1.165, 1.54) is 5.56 Å². The lowest BCUT2D eigenvalue weighted by Crippen LogP contribution is -2.50.